The summed E-state index contributed by atoms with van der Waals surface area (Å²) in [4.78, 5) is 22.0. The van der Waals surface area contributed by atoms with Crippen LogP contribution in [0, 0.1) is 0 Å². The Morgan fingerprint density at radius 3 is 1.94 bits per heavy atom. The van der Waals surface area contributed by atoms with Crippen LogP contribution in [-0.4, -0.2) is 29.3 Å². The molecule has 5 nitrogen and oxygen atoms in total. The molecule has 0 heterocycles. The van der Waals surface area contributed by atoms with E-state index < -0.39 is 5.97 Å². The van der Waals surface area contributed by atoms with E-state index in [0.29, 0.717) is 6.61 Å². The van der Waals surface area contributed by atoms with Crippen LogP contribution in [0.4, 0.5) is 0 Å². The maximum Gasteiger partial charge on any atom is 0.303 e. The molecule has 2 unspecified atom stereocenters. The first-order chi connectivity index (χ1) is 15.5. The average Bonchev–Trinajstić information content (AvgIpc) is 2.77. The number of carboxylic acids is 1. The normalized spacial score (nSPS) is 12.9. The second-order valence-electron chi connectivity index (χ2n) is 8.78. The molecular formula is C27H44O5. The highest BCUT2D eigenvalue weighted by molar-refractivity contribution is 5.66. The van der Waals surface area contributed by atoms with Crippen molar-refractivity contribution < 1.29 is 24.2 Å². The first-order valence-corrected chi connectivity index (χ1v) is 12.6. The number of carbonyl (C=O) groups is 2. The van der Waals surface area contributed by atoms with Gasteiger partial charge in [0.25, 0.3) is 0 Å². The van der Waals surface area contributed by atoms with Crippen LogP contribution in [0.1, 0.15) is 109 Å². The van der Waals surface area contributed by atoms with Crippen LogP contribution >= 0.6 is 0 Å². The van der Waals surface area contributed by atoms with Crippen LogP contribution in [0.5, 0.6) is 0 Å². The predicted octanol–water partition coefficient (Wildman–Crippen LogP) is 7.07. The Hall–Kier alpha value is -1.88. The molecule has 1 aromatic carbocycles. The van der Waals surface area contributed by atoms with Crippen molar-refractivity contribution in [2.24, 2.45) is 0 Å². The van der Waals surface area contributed by atoms with E-state index >= 15 is 0 Å². The van der Waals surface area contributed by atoms with Gasteiger partial charge in [-0.25, -0.2) is 0 Å². The van der Waals surface area contributed by atoms with Crippen LogP contribution in [-0.2, 0) is 25.7 Å². The van der Waals surface area contributed by atoms with E-state index in [9.17, 15) is 9.59 Å². The summed E-state index contributed by atoms with van der Waals surface area (Å²) in [5, 5.41) is 8.79. The summed E-state index contributed by atoms with van der Waals surface area (Å²) in [5.41, 5.74) is 1.19. The van der Waals surface area contributed by atoms with Crippen molar-refractivity contribution in [2.75, 3.05) is 0 Å². The van der Waals surface area contributed by atoms with Gasteiger partial charge in [0.05, 0.1) is 12.7 Å². The summed E-state index contributed by atoms with van der Waals surface area (Å²) in [6, 6.07) is 10.2. The van der Waals surface area contributed by atoms with Crippen molar-refractivity contribution in [1.29, 1.82) is 0 Å². The minimum Gasteiger partial charge on any atom is -0.481 e. The Kier molecular flexibility index (Phi) is 16.4. The number of ether oxygens (including phenoxy) is 2. The van der Waals surface area contributed by atoms with Gasteiger partial charge in [-0.3, -0.25) is 9.59 Å². The van der Waals surface area contributed by atoms with Crippen LogP contribution in [0.2, 0.25) is 0 Å². The molecule has 5 heteroatoms. The van der Waals surface area contributed by atoms with Crippen molar-refractivity contribution in [3.63, 3.8) is 0 Å². The average molecular weight is 449 g/mol. The van der Waals surface area contributed by atoms with E-state index in [0.717, 1.165) is 83.5 Å². The number of benzene rings is 1. The molecule has 2 atom stereocenters. The predicted molar refractivity (Wildman–Crippen MR) is 129 cm³/mol. The molecule has 32 heavy (non-hydrogen) atoms. The molecule has 1 rings (SSSR count). The van der Waals surface area contributed by atoms with Crippen LogP contribution < -0.4 is 0 Å². The highest BCUT2D eigenvalue weighted by atomic mass is 16.5. The largest absolute Gasteiger partial charge is 0.481 e. The Bertz CT molecular complexity index is 601. The van der Waals surface area contributed by atoms with Gasteiger partial charge in [-0.1, -0.05) is 82.2 Å². The van der Waals surface area contributed by atoms with E-state index in [-0.39, 0.29) is 24.6 Å². The van der Waals surface area contributed by atoms with E-state index in [2.05, 4.69) is 19.1 Å². The number of carboxylic acid groups (broad SMARTS) is 1. The molecule has 0 bridgehead atoms. The molecule has 0 saturated heterocycles. The summed E-state index contributed by atoms with van der Waals surface area (Å²) in [6.45, 7) is 4.28. The minimum atomic E-state index is -0.715. The van der Waals surface area contributed by atoms with Crippen molar-refractivity contribution >= 4 is 11.9 Å². The number of esters is 1. The van der Waals surface area contributed by atoms with Crippen molar-refractivity contribution in [3.8, 4) is 0 Å². The molecule has 0 radical (unpaired) electrons. The smallest absolute Gasteiger partial charge is 0.303 e. The molecule has 0 aromatic heterocycles. The summed E-state index contributed by atoms with van der Waals surface area (Å²) >= 11 is 0. The molecule has 0 aliphatic heterocycles. The van der Waals surface area contributed by atoms with Gasteiger partial charge in [-0.15, -0.1) is 0 Å². The first kappa shape index (κ1) is 28.2. The van der Waals surface area contributed by atoms with Gasteiger partial charge < -0.3 is 14.6 Å². The second kappa shape index (κ2) is 18.7. The fourth-order valence-corrected chi connectivity index (χ4v) is 3.95. The molecule has 0 fully saturated rings. The summed E-state index contributed by atoms with van der Waals surface area (Å²) in [6.07, 6.45) is 13.9. The van der Waals surface area contributed by atoms with Crippen LogP contribution in [0.3, 0.4) is 0 Å². The van der Waals surface area contributed by atoms with Gasteiger partial charge in [0, 0.05) is 13.3 Å². The maximum absolute atomic E-state index is 11.3. The molecule has 1 aromatic rings. The zero-order chi connectivity index (χ0) is 23.4. The van der Waals surface area contributed by atoms with Gasteiger partial charge in [0.15, 0.2) is 0 Å². The number of aliphatic carboxylic acids is 1. The van der Waals surface area contributed by atoms with Gasteiger partial charge in [-0.2, -0.15) is 0 Å². The molecular weight excluding hydrogens is 404 g/mol. The topological polar surface area (TPSA) is 72.8 Å². The van der Waals surface area contributed by atoms with Crippen molar-refractivity contribution in [1.82, 2.24) is 0 Å². The highest BCUT2D eigenvalue weighted by Gasteiger charge is 2.12. The first-order valence-electron chi connectivity index (χ1n) is 12.6. The number of unbranched alkanes of at least 4 members (excludes halogenated alkanes) is 6. The van der Waals surface area contributed by atoms with Gasteiger partial charge in [0.1, 0.15) is 6.10 Å². The number of hydrogen-bond acceptors (Lipinski definition) is 4. The Labute approximate surface area is 194 Å². The Morgan fingerprint density at radius 2 is 1.38 bits per heavy atom. The molecule has 0 aliphatic carbocycles. The van der Waals surface area contributed by atoms with E-state index in [4.69, 9.17) is 14.6 Å². The quantitative estimate of drug-likeness (QED) is 0.171. The minimum absolute atomic E-state index is 0.0696. The number of rotatable bonds is 20. The zero-order valence-electron chi connectivity index (χ0n) is 20.2. The zero-order valence-corrected chi connectivity index (χ0v) is 20.2. The van der Waals surface area contributed by atoms with Crippen LogP contribution in [0.25, 0.3) is 0 Å². The highest BCUT2D eigenvalue weighted by Crippen LogP contribution is 2.19. The van der Waals surface area contributed by atoms with Gasteiger partial charge in [-0.05, 0) is 44.1 Å². The third kappa shape index (κ3) is 15.9. The second-order valence-corrected chi connectivity index (χ2v) is 8.78. The van der Waals surface area contributed by atoms with Crippen molar-refractivity contribution in [3.05, 3.63) is 35.9 Å². The summed E-state index contributed by atoms with van der Waals surface area (Å²) < 4.78 is 11.7. The lowest BCUT2D eigenvalue weighted by Gasteiger charge is -2.19. The third-order valence-electron chi connectivity index (χ3n) is 5.76. The van der Waals surface area contributed by atoms with Gasteiger partial charge in [0.2, 0.25) is 0 Å². The molecule has 182 valence electrons. The van der Waals surface area contributed by atoms with Gasteiger partial charge >= 0.3 is 11.9 Å². The lowest BCUT2D eigenvalue weighted by Crippen LogP contribution is -2.16. The third-order valence-corrected chi connectivity index (χ3v) is 5.76. The lowest BCUT2D eigenvalue weighted by atomic mass is 10.0. The SMILES string of the molecule is CCCCC(CCCCCCC(CCCCCC(=O)O)OCc1ccccc1)OC(C)=O. The molecule has 1 N–H and O–H groups in total. The van der Waals surface area contributed by atoms with Crippen molar-refractivity contribution in [2.45, 2.75) is 123 Å². The van der Waals surface area contributed by atoms with Crippen LogP contribution in [0.15, 0.2) is 30.3 Å². The lowest BCUT2D eigenvalue weighted by molar-refractivity contribution is -0.147. The number of carbonyl (C=O) groups excluding carboxylic acids is 1. The standard InChI is InChI=1S/C27H44O5/c1-3-4-17-26(32-23(2)28)20-12-6-5-11-18-25(19-13-8-14-21-27(29)30)31-22-24-15-9-7-10-16-24/h7,9-10,15-16,25-26H,3-6,8,11-14,17-22H2,1-2H3,(H,29,30). The monoisotopic (exact) mass is 448 g/mol. The number of hydrogen-bond donors (Lipinski definition) is 1. The van der Waals surface area contributed by atoms with E-state index in [1.54, 1.807) is 0 Å². The molecule has 0 amide bonds. The van der Waals surface area contributed by atoms with E-state index in [1.807, 2.05) is 18.2 Å². The maximum atomic E-state index is 11.3. The summed E-state index contributed by atoms with van der Waals surface area (Å²) in [5.74, 6) is -0.889. The molecule has 0 aliphatic rings. The fourth-order valence-electron chi connectivity index (χ4n) is 3.95. The fraction of sp³-hybridized carbons (Fsp3) is 0.704. The Morgan fingerprint density at radius 1 is 0.812 bits per heavy atom. The molecule has 0 spiro atoms. The van der Waals surface area contributed by atoms with E-state index in [1.165, 1.54) is 12.5 Å². The molecule has 0 saturated carbocycles. The Balaban J connectivity index is 2.30. The summed E-state index contributed by atoms with van der Waals surface area (Å²) in [7, 11) is 0.